The van der Waals surface area contributed by atoms with E-state index in [4.69, 9.17) is 10.8 Å². The van der Waals surface area contributed by atoms with Crippen LogP contribution >= 0.6 is 11.8 Å². The molecule has 7 amide bonds. The predicted octanol–water partition coefficient (Wildman–Crippen LogP) is -0.354. The van der Waals surface area contributed by atoms with E-state index in [0.717, 1.165) is 0 Å². The molecule has 1 aromatic rings. The van der Waals surface area contributed by atoms with Crippen LogP contribution in [0.5, 0.6) is 0 Å². The van der Waals surface area contributed by atoms with Gasteiger partial charge in [-0.2, -0.15) is 11.8 Å². The van der Waals surface area contributed by atoms with Gasteiger partial charge in [0.2, 0.25) is 41.4 Å². The van der Waals surface area contributed by atoms with Crippen LogP contribution < -0.4 is 43.0 Å². The van der Waals surface area contributed by atoms with E-state index in [1.54, 1.807) is 64.3 Å². The first-order valence-electron chi connectivity index (χ1n) is 22.5. The van der Waals surface area contributed by atoms with Crippen LogP contribution in [0.3, 0.4) is 0 Å². The fraction of sp³-hybridized carbons (Fsp3) is 0.644. The Morgan fingerprint density at radius 3 is 1.62 bits per heavy atom. The van der Waals surface area contributed by atoms with Gasteiger partial charge in [-0.3, -0.25) is 43.2 Å². The number of aliphatic hydroxyl groups is 1. The molecule has 22 nitrogen and oxygen atoms in total. The fourth-order valence-corrected chi connectivity index (χ4v) is 7.17. The molecule has 9 atom stereocenters. The van der Waals surface area contributed by atoms with Crippen LogP contribution in [0.1, 0.15) is 99.0 Å². The highest BCUT2D eigenvalue weighted by Gasteiger charge is 2.35. The zero-order valence-electron chi connectivity index (χ0n) is 40.0. The van der Waals surface area contributed by atoms with Crippen LogP contribution in [-0.2, 0) is 54.4 Å². The monoisotopic (exact) mass is 980 g/mol. The van der Waals surface area contributed by atoms with Crippen LogP contribution in [0.4, 0.5) is 0 Å². The number of carboxylic acid groups (broad SMARTS) is 3. The van der Waals surface area contributed by atoms with Gasteiger partial charge < -0.3 is 63.4 Å². The standard InChI is InChI=1S/C45H72N8O14S/c1-23(2)20-31(50-42(63)30(18-19-68-8)49-44(65)38(25(5)6)53-40(61)28(46)14-16-35(56)57)33(54)22-34(55)52-37(24(3)4)43(64)47-26(7)39(60)48-29(15-17-36(58)59)41(62)51-32(45(66)67)21-27-12-10-9-11-13-27/h9-13,23-26,28-33,37-38,54H,14-22,46H2,1-8H3,(H,47,64)(H,48,60)(H,49,65)(H,50,63)(H,51,62)(H,52,55)(H,53,61)(H,56,57)(H,58,59)(H,66,67)/t26-,28-,29-,30-,31-,32-,33-,37-,38-/m0/s1. The maximum Gasteiger partial charge on any atom is 0.326 e. The minimum Gasteiger partial charge on any atom is -0.481 e. The third-order valence-corrected chi connectivity index (χ3v) is 11.2. The van der Waals surface area contributed by atoms with Crippen LogP contribution in [0.15, 0.2) is 30.3 Å². The number of nitrogens with two attached hydrogens (primary N) is 1. The van der Waals surface area contributed by atoms with Crippen LogP contribution in [0.25, 0.3) is 0 Å². The Bertz CT molecular complexity index is 1870. The topological polar surface area (TPSA) is 362 Å². The van der Waals surface area contributed by atoms with Crippen molar-refractivity contribution in [1.29, 1.82) is 0 Å². The molecule has 0 heterocycles. The molecule has 0 aliphatic heterocycles. The molecule has 23 heteroatoms. The van der Waals surface area contributed by atoms with Crippen molar-refractivity contribution in [2.45, 2.75) is 154 Å². The summed E-state index contributed by atoms with van der Waals surface area (Å²) in [5.74, 6) is -10.1. The minimum atomic E-state index is -1.50. The number of hydrogen-bond donors (Lipinski definition) is 12. The second-order valence-electron chi connectivity index (χ2n) is 17.7. The van der Waals surface area contributed by atoms with E-state index < -0.39 is 145 Å². The molecule has 0 saturated carbocycles. The smallest absolute Gasteiger partial charge is 0.326 e. The second-order valence-corrected chi connectivity index (χ2v) is 18.7. The number of aliphatic carboxylic acids is 3. The van der Waals surface area contributed by atoms with Crippen molar-refractivity contribution in [3.8, 4) is 0 Å². The molecular weight excluding hydrogens is 909 g/mol. The van der Waals surface area contributed by atoms with Gasteiger partial charge in [-0.25, -0.2) is 4.79 Å². The number of benzene rings is 1. The fourth-order valence-electron chi connectivity index (χ4n) is 6.70. The average Bonchev–Trinajstić information content (AvgIpc) is 3.25. The Morgan fingerprint density at radius 2 is 1.09 bits per heavy atom. The Labute approximate surface area is 401 Å². The number of carbonyl (C=O) groups is 10. The molecule has 0 saturated heterocycles. The summed E-state index contributed by atoms with van der Waals surface area (Å²) >= 11 is 1.40. The first-order chi connectivity index (χ1) is 31.8. The maximum absolute atomic E-state index is 13.8. The molecule has 1 rings (SSSR count). The summed E-state index contributed by atoms with van der Waals surface area (Å²) in [4.78, 5) is 128. The summed E-state index contributed by atoms with van der Waals surface area (Å²) in [7, 11) is 0. The summed E-state index contributed by atoms with van der Waals surface area (Å²) in [5, 5.41) is 57.1. The molecular formula is C45H72N8O14S. The van der Waals surface area contributed by atoms with Gasteiger partial charge in [0.15, 0.2) is 0 Å². The van der Waals surface area contributed by atoms with Crippen molar-refractivity contribution < 1.29 is 68.4 Å². The molecule has 0 fully saturated rings. The number of amides is 7. The minimum absolute atomic E-state index is 0.0982. The molecule has 68 heavy (non-hydrogen) atoms. The number of nitrogens with one attached hydrogen (secondary N) is 7. The molecule has 0 aliphatic carbocycles. The van der Waals surface area contributed by atoms with Crippen LogP contribution in [-0.4, -0.2) is 146 Å². The lowest BCUT2D eigenvalue weighted by Crippen LogP contribution is -2.59. The molecule has 13 N–H and O–H groups in total. The highest BCUT2D eigenvalue weighted by atomic mass is 32.2. The molecule has 382 valence electrons. The van der Waals surface area contributed by atoms with Gasteiger partial charge in [-0.15, -0.1) is 0 Å². The third-order valence-electron chi connectivity index (χ3n) is 10.6. The largest absolute Gasteiger partial charge is 0.481 e. The van der Waals surface area contributed by atoms with Crippen molar-refractivity contribution in [1.82, 2.24) is 37.2 Å². The summed E-state index contributed by atoms with van der Waals surface area (Å²) in [6.07, 6.45) is -1.52. The van der Waals surface area contributed by atoms with Gasteiger partial charge in [0, 0.05) is 19.3 Å². The normalized spacial score (nSPS) is 15.2. The van der Waals surface area contributed by atoms with Gasteiger partial charge >= 0.3 is 17.9 Å². The number of hydrogen-bond acceptors (Lipinski definition) is 13. The summed E-state index contributed by atoms with van der Waals surface area (Å²) in [6, 6.07) is -1.57. The lowest BCUT2D eigenvalue weighted by atomic mass is 9.95. The van der Waals surface area contributed by atoms with Crippen molar-refractivity contribution in [2.75, 3.05) is 12.0 Å². The van der Waals surface area contributed by atoms with Gasteiger partial charge in [0.25, 0.3) is 0 Å². The van der Waals surface area contributed by atoms with Gasteiger partial charge in [-0.05, 0) is 67.9 Å². The quantitative estimate of drug-likeness (QED) is 0.0439. The molecule has 0 bridgehead atoms. The lowest BCUT2D eigenvalue weighted by Gasteiger charge is -2.30. The summed E-state index contributed by atoms with van der Waals surface area (Å²) in [5.41, 5.74) is 6.44. The third kappa shape index (κ3) is 22.8. The van der Waals surface area contributed by atoms with E-state index in [1.807, 2.05) is 13.8 Å². The van der Waals surface area contributed by atoms with Crippen molar-refractivity contribution in [3.05, 3.63) is 35.9 Å². The first-order valence-corrected chi connectivity index (χ1v) is 23.9. The highest BCUT2D eigenvalue weighted by molar-refractivity contribution is 7.98. The molecule has 0 unspecified atom stereocenters. The number of rotatable bonds is 32. The molecule has 0 aliphatic rings. The van der Waals surface area contributed by atoms with Crippen molar-refractivity contribution >= 4 is 71.0 Å². The van der Waals surface area contributed by atoms with Gasteiger partial charge in [0.05, 0.1) is 24.6 Å². The molecule has 0 aromatic heterocycles. The van der Waals surface area contributed by atoms with Crippen LogP contribution in [0, 0.1) is 17.8 Å². The molecule has 1 aromatic carbocycles. The molecule has 0 radical (unpaired) electrons. The zero-order chi connectivity index (χ0) is 51.8. The number of aliphatic hydroxyl groups excluding tert-OH is 1. The molecule has 0 spiro atoms. The summed E-state index contributed by atoms with van der Waals surface area (Å²) in [6.45, 7) is 11.5. The number of carboxylic acids is 3. The van der Waals surface area contributed by atoms with E-state index >= 15 is 0 Å². The second kappa shape index (κ2) is 30.5. The van der Waals surface area contributed by atoms with E-state index in [1.165, 1.54) is 18.7 Å². The SMILES string of the molecule is CSCC[C@H](NC(=O)[C@@H](NC(=O)[C@@H](N)CCC(=O)O)C(C)C)C(=O)N[C@@H](CC(C)C)[C@@H](O)CC(=O)N[C@H](C(=O)N[C@@H](C)C(=O)N[C@@H](CCC(=O)O)C(=O)N[C@@H](Cc1ccccc1)C(=O)O)C(C)C. The lowest BCUT2D eigenvalue weighted by molar-refractivity contribution is -0.143. The van der Waals surface area contributed by atoms with Crippen molar-refractivity contribution in [2.24, 2.45) is 23.5 Å². The van der Waals surface area contributed by atoms with E-state index in [9.17, 15) is 63.3 Å². The van der Waals surface area contributed by atoms with E-state index in [-0.39, 0.29) is 38.0 Å². The number of thioether (sulfide) groups is 1. The summed E-state index contributed by atoms with van der Waals surface area (Å²) < 4.78 is 0. The number of carbonyl (C=O) groups excluding carboxylic acids is 7. The zero-order valence-corrected chi connectivity index (χ0v) is 40.9. The first kappa shape index (κ1) is 60.2. The predicted molar refractivity (Wildman–Crippen MR) is 251 cm³/mol. The van der Waals surface area contributed by atoms with Crippen molar-refractivity contribution in [3.63, 3.8) is 0 Å². The van der Waals surface area contributed by atoms with Crippen LogP contribution in [0.2, 0.25) is 0 Å². The Morgan fingerprint density at radius 1 is 0.588 bits per heavy atom. The van der Waals surface area contributed by atoms with Gasteiger partial charge in [0.1, 0.15) is 36.3 Å². The van der Waals surface area contributed by atoms with Gasteiger partial charge in [-0.1, -0.05) is 71.9 Å². The average molecular weight is 981 g/mol. The van der Waals surface area contributed by atoms with E-state index in [2.05, 4.69) is 37.2 Å². The Kier molecular flexibility index (Phi) is 27.0. The Hall–Kier alpha value is -5.81. The maximum atomic E-state index is 13.8. The Balaban J connectivity index is 3.11. The highest BCUT2D eigenvalue weighted by Crippen LogP contribution is 2.15. The van der Waals surface area contributed by atoms with E-state index in [0.29, 0.717) is 11.3 Å².